The third-order valence-corrected chi connectivity index (χ3v) is 6.66. The summed E-state index contributed by atoms with van der Waals surface area (Å²) in [7, 11) is 0. The van der Waals surface area contributed by atoms with Crippen LogP contribution in [0.5, 0.6) is 0 Å². The Labute approximate surface area is 179 Å². The zero-order chi connectivity index (χ0) is 20.6. The van der Waals surface area contributed by atoms with Crippen molar-refractivity contribution in [2.24, 2.45) is 0 Å². The van der Waals surface area contributed by atoms with Crippen molar-refractivity contribution in [1.82, 2.24) is 14.5 Å². The van der Waals surface area contributed by atoms with E-state index in [-0.39, 0.29) is 5.60 Å². The summed E-state index contributed by atoms with van der Waals surface area (Å²) in [6.45, 7) is 9.10. The van der Waals surface area contributed by atoms with Gasteiger partial charge in [0.2, 0.25) is 0 Å². The zero-order valence-electron chi connectivity index (χ0n) is 18.1. The van der Waals surface area contributed by atoms with Crippen LogP contribution < -0.4 is 0 Å². The number of likely N-dealkylation sites (tertiary alicyclic amines) is 1. The average Bonchev–Trinajstić information content (AvgIpc) is 3.08. The molecule has 3 aromatic rings. The number of nitrogens with zero attached hydrogens (tertiary/aromatic N) is 3. The third-order valence-electron chi connectivity index (χ3n) is 6.66. The normalized spacial score (nSPS) is 19.3. The van der Waals surface area contributed by atoms with Gasteiger partial charge in [-0.15, -0.1) is 0 Å². The van der Waals surface area contributed by atoms with Crippen LogP contribution in [0.15, 0.2) is 60.2 Å². The summed E-state index contributed by atoms with van der Waals surface area (Å²) >= 11 is 0. The Morgan fingerprint density at radius 3 is 2.50 bits per heavy atom. The maximum atomic E-state index is 6.21. The van der Waals surface area contributed by atoms with Crippen molar-refractivity contribution in [3.05, 3.63) is 77.1 Å². The van der Waals surface area contributed by atoms with Gasteiger partial charge in [0.15, 0.2) is 0 Å². The second kappa shape index (κ2) is 8.01. The number of imidazole rings is 1. The standard InChI is InChI=1S/C26H31N3O/c1-20-7-9-22(10-8-20)18-29-24-6-4-3-5-23(24)27-25(29)19-28-14-12-26(13-15-28)17-21(2)11-16-30-26/h3-10,17H,11-16,18-19H2,1-2H3. The van der Waals surface area contributed by atoms with Crippen molar-refractivity contribution in [2.75, 3.05) is 19.7 Å². The second-order valence-corrected chi connectivity index (χ2v) is 9.02. The first-order valence-electron chi connectivity index (χ1n) is 11.1. The summed E-state index contributed by atoms with van der Waals surface area (Å²) in [5, 5.41) is 0. The summed E-state index contributed by atoms with van der Waals surface area (Å²) in [4.78, 5) is 7.56. The maximum absolute atomic E-state index is 6.21. The summed E-state index contributed by atoms with van der Waals surface area (Å²) in [5.74, 6) is 1.16. The summed E-state index contributed by atoms with van der Waals surface area (Å²) in [6, 6.07) is 17.3. The third kappa shape index (κ3) is 3.94. The first-order valence-corrected chi connectivity index (χ1v) is 11.1. The molecule has 2 aliphatic heterocycles. The van der Waals surface area contributed by atoms with E-state index in [0.717, 1.165) is 63.4 Å². The molecule has 2 aliphatic rings. The van der Waals surface area contributed by atoms with E-state index in [4.69, 9.17) is 9.72 Å². The maximum Gasteiger partial charge on any atom is 0.124 e. The van der Waals surface area contributed by atoms with Gasteiger partial charge in [-0.25, -0.2) is 4.98 Å². The van der Waals surface area contributed by atoms with Crippen molar-refractivity contribution in [3.63, 3.8) is 0 Å². The number of rotatable bonds is 4. The lowest BCUT2D eigenvalue weighted by Gasteiger charge is -2.42. The fraction of sp³-hybridized carbons (Fsp3) is 0.423. The molecular weight excluding hydrogens is 370 g/mol. The van der Waals surface area contributed by atoms with Gasteiger partial charge in [-0.2, -0.15) is 0 Å². The molecule has 30 heavy (non-hydrogen) atoms. The minimum atomic E-state index is -0.0269. The molecular formula is C26H31N3O. The van der Waals surface area contributed by atoms with E-state index in [1.54, 1.807) is 0 Å². The number of fused-ring (bicyclic) bond motifs is 1. The molecule has 0 radical (unpaired) electrons. The molecule has 1 aromatic heterocycles. The quantitative estimate of drug-likeness (QED) is 0.570. The van der Waals surface area contributed by atoms with Crippen molar-refractivity contribution in [3.8, 4) is 0 Å². The molecule has 4 nitrogen and oxygen atoms in total. The molecule has 1 saturated heterocycles. The average molecular weight is 402 g/mol. The Balaban J connectivity index is 1.37. The molecule has 0 amide bonds. The molecule has 0 unspecified atom stereocenters. The Kier molecular flexibility index (Phi) is 5.21. The van der Waals surface area contributed by atoms with Gasteiger partial charge < -0.3 is 9.30 Å². The lowest BCUT2D eigenvalue weighted by Crippen LogP contribution is -2.46. The highest BCUT2D eigenvalue weighted by Gasteiger charge is 2.35. The highest BCUT2D eigenvalue weighted by Crippen LogP contribution is 2.33. The zero-order valence-corrected chi connectivity index (χ0v) is 18.1. The summed E-state index contributed by atoms with van der Waals surface area (Å²) < 4.78 is 8.61. The molecule has 1 fully saturated rings. The number of para-hydroxylation sites is 2. The minimum absolute atomic E-state index is 0.0269. The Bertz CT molecular complexity index is 1060. The Morgan fingerprint density at radius 2 is 1.73 bits per heavy atom. The first kappa shape index (κ1) is 19.5. The minimum Gasteiger partial charge on any atom is -0.370 e. The molecule has 0 N–H and O–H groups in total. The fourth-order valence-corrected chi connectivity index (χ4v) is 4.86. The lowest BCUT2D eigenvalue weighted by atomic mass is 9.87. The van der Waals surface area contributed by atoms with Gasteiger partial charge >= 0.3 is 0 Å². The van der Waals surface area contributed by atoms with E-state index in [1.807, 2.05) is 0 Å². The number of hydrogen-bond acceptors (Lipinski definition) is 3. The fourth-order valence-electron chi connectivity index (χ4n) is 4.86. The van der Waals surface area contributed by atoms with Gasteiger partial charge in [0.1, 0.15) is 5.82 Å². The highest BCUT2D eigenvalue weighted by atomic mass is 16.5. The van der Waals surface area contributed by atoms with Crippen LogP contribution in [0.3, 0.4) is 0 Å². The number of ether oxygens (including phenoxy) is 1. The number of benzene rings is 2. The molecule has 1 spiro atoms. The summed E-state index contributed by atoms with van der Waals surface area (Å²) in [5.41, 5.74) is 6.37. The molecule has 0 saturated carbocycles. The molecule has 5 rings (SSSR count). The van der Waals surface area contributed by atoms with Crippen LogP contribution in [0, 0.1) is 6.92 Å². The van der Waals surface area contributed by atoms with Gasteiger partial charge in [0, 0.05) is 19.6 Å². The van der Waals surface area contributed by atoms with Crippen LogP contribution in [0.25, 0.3) is 11.0 Å². The molecule has 0 aliphatic carbocycles. The number of piperidine rings is 1. The SMILES string of the molecule is CC1=CC2(CCN(Cc3nc4ccccc4n3Cc3ccc(C)cc3)CC2)OCC1. The predicted octanol–water partition coefficient (Wildman–Crippen LogP) is 5.09. The number of hydrogen-bond donors (Lipinski definition) is 0. The van der Waals surface area contributed by atoms with Gasteiger partial charge in [-0.05, 0) is 50.8 Å². The predicted molar refractivity (Wildman–Crippen MR) is 122 cm³/mol. The molecule has 3 heterocycles. The number of aromatic nitrogens is 2. The van der Waals surface area contributed by atoms with E-state index < -0.39 is 0 Å². The van der Waals surface area contributed by atoms with Crippen molar-refractivity contribution >= 4 is 11.0 Å². The Morgan fingerprint density at radius 1 is 0.967 bits per heavy atom. The number of aryl methyl sites for hydroxylation is 1. The van der Waals surface area contributed by atoms with Gasteiger partial charge in [0.05, 0.1) is 29.8 Å². The van der Waals surface area contributed by atoms with Crippen LogP contribution in [-0.2, 0) is 17.8 Å². The molecule has 4 heteroatoms. The smallest absolute Gasteiger partial charge is 0.124 e. The molecule has 2 aromatic carbocycles. The lowest BCUT2D eigenvalue weighted by molar-refractivity contribution is -0.0580. The molecule has 0 bridgehead atoms. The van der Waals surface area contributed by atoms with E-state index in [1.165, 1.54) is 22.2 Å². The molecule has 0 atom stereocenters. The van der Waals surface area contributed by atoms with Crippen LogP contribution in [0.4, 0.5) is 0 Å². The van der Waals surface area contributed by atoms with E-state index in [2.05, 4.69) is 77.9 Å². The van der Waals surface area contributed by atoms with Crippen LogP contribution >= 0.6 is 0 Å². The van der Waals surface area contributed by atoms with Crippen molar-refractivity contribution < 1.29 is 4.74 Å². The summed E-state index contributed by atoms with van der Waals surface area (Å²) in [6.07, 6.45) is 5.61. The monoisotopic (exact) mass is 401 g/mol. The first-order chi connectivity index (χ1) is 14.6. The van der Waals surface area contributed by atoms with Gasteiger partial charge in [-0.3, -0.25) is 4.90 Å². The van der Waals surface area contributed by atoms with Crippen LogP contribution in [0.2, 0.25) is 0 Å². The molecule has 156 valence electrons. The van der Waals surface area contributed by atoms with Crippen LogP contribution in [0.1, 0.15) is 43.1 Å². The van der Waals surface area contributed by atoms with Gasteiger partial charge in [0.25, 0.3) is 0 Å². The van der Waals surface area contributed by atoms with E-state index in [0.29, 0.717) is 0 Å². The van der Waals surface area contributed by atoms with Crippen molar-refractivity contribution in [2.45, 2.75) is 51.8 Å². The van der Waals surface area contributed by atoms with Crippen molar-refractivity contribution in [1.29, 1.82) is 0 Å². The van der Waals surface area contributed by atoms with E-state index in [9.17, 15) is 0 Å². The highest BCUT2D eigenvalue weighted by molar-refractivity contribution is 5.76. The second-order valence-electron chi connectivity index (χ2n) is 9.02. The van der Waals surface area contributed by atoms with Gasteiger partial charge in [-0.1, -0.05) is 53.6 Å². The van der Waals surface area contributed by atoms with Crippen LogP contribution in [-0.4, -0.2) is 39.7 Å². The topological polar surface area (TPSA) is 30.3 Å². The largest absolute Gasteiger partial charge is 0.370 e. The van der Waals surface area contributed by atoms with E-state index >= 15 is 0 Å². The Hall–Kier alpha value is -2.43.